The Labute approximate surface area is 115 Å². The van der Waals surface area contributed by atoms with Crippen molar-refractivity contribution in [3.05, 3.63) is 35.9 Å². The highest BCUT2D eigenvalue weighted by molar-refractivity contribution is 5.77. The summed E-state index contributed by atoms with van der Waals surface area (Å²) in [7, 11) is 0. The molecule has 1 atom stereocenters. The molecule has 0 saturated carbocycles. The average Bonchev–Trinajstić information content (AvgIpc) is 2.88. The van der Waals surface area contributed by atoms with Gasteiger partial charge in [0.2, 0.25) is 5.90 Å². The minimum atomic E-state index is 0.0142. The Kier molecular flexibility index (Phi) is 5.36. The van der Waals surface area contributed by atoms with E-state index in [0.29, 0.717) is 0 Å². The van der Waals surface area contributed by atoms with Crippen LogP contribution >= 0.6 is 0 Å². The predicted molar refractivity (Wildman–Crippen MR) is 77.9 cm³/mol. The molecule has 0 aromatic heterocycles. The molecule has 0 unspecified atom stereocenters. The van der Waals surface area contributed by atoms with E-state index in [1.807, 2.05) is 23.3 Å². The van der Waals surface area contributed by atoms with Crippen LogP contribution in [0.25, 0.3) is 0 Å². The van der Waals surface area contributed by atoms with Crippen molar-refractivity contribution in [2.75, 3.05) is 19.6 Å². The molecule has 1 N–H and O–H groups in total. The van der Waals surface area contributed by atoms with Gasteiger partial charge in [-0.05, 0) is 32.0 Å². The molecule has 4 nitrogen and oxygen atoms in total. The summed E-state index contributed by atoms with van der Waals surface area (Å²) in [6.07, 6.45) is 1.97. The van der Waals surface area contributed by atoms with Crippen LogP contribution in [0.15, 0.2) is 35.3 Å². The van der Waals surface area contributed by atoms with Crippen LogP contribution in [0.2, 0.25) is 0 Å². The standard InChI is InChI=1S/C15H23N3O/c1-3-16-12-8-11-14-17-15(18(4-2)19-14)13-9-6-5-7-10-13/h5-7,9-10,15-16H,3-4,8,11-12H2,1-2H3/t15-/m0/s1. The van der Waals surface area contributed by atoms with Crippen LogP contribution in [0.4, 0.5) is 0 Å². The Bertz CT molecular complexity index is 405. The Morgan fingerprint density at radius 2 is 2.05 bits per heavy atom. The lowest BCUT2D eigenvalue weighted by atomic mass is 10.2. The quantitative estimate of drug-likeness (QED) is 0.767. The number of aliphatic imine (C=N–C) groups is 1. The van der Waals surface area contributed by atoms with Gasteiger partial charge in [0.05, 0.1) is 0 Å². The van der Waals surface area contributed by atoms with E-state index in [0.717, 1.165) is 38.4 Å². The first kappa shape index (κ1) is 14.0. The minimum absolute atomic E-state index is 0.0142. The molecular weight excluding hydrogens is 238 g/mol. The van der Waals surface area contributed by atoms with E-state index in [1.54, 1.807) is 0 Å². The molecule has 4 heteroatoms. The molecule has 0 spiro atoms. The number of hydroxylamine groups is 2. The van der Waals surface area contributed by atoms with Gasteiger partial charge in [-0.15, -0.1) is 5.06 Å². The van der Waals surface area contributed by atoms with Gasteiger partial charge in [-0.2, -0.15) is 0 Å². The maximum atomic E-state index is 5.81. The number of hydrogen-bond donors (Lipinski definition) is 1. The molecule has 0 bridgehead atoms. The van der Waals surface area contributed by atoms with E-state index in [2.05, 4.69) is 31.3 Å². The summed E-state index contributed by atoms with van der Waals surface area (Å²) in [5.74, 6) is 0.855. The van der Waals surface area contributed by atoms with Crippen LogP contribution in [-0.4, -0.2) is 30.6 Å². The van der Waals surface area contributed by atoms with Gasteiger partial charge >= 0.3 is 0 Å². The van der Waals surface area contributed by atoms with Crippen molar-refractivity contribution < 1.29 is 4.84 Å². The SMILES string of the molecule is CCNCCCC1=N[C@H](c2ccccc2)N(CC)O1. The summed E-state index contributed by atoms with van der Waals surface area (Å²) >= 11 is 0. The van der Waals surface area contributed by atoms with Crippen molar-refractivity contribution in [3.63, 3.8) is 0 Å². The summed E-state index contributed by atoms with van der Waals surface area (Å²) in [6, 6.07) is 10.3. The highest BCUT2D eigenvalue weighted by atomic mass is 16.7. The molecule has 1 aromatic carbocycles. The first-order valence-electron chi connectivity index (χ1n) is 7.12. The summed E-state index contributed by atoms with van der Waals surface area (Å²) in [5, 5.41) is 5.26. The number of nitrogens with one attached hydrogen (secondary N) is 1. The normalized spacial score (nSPS) is 19.3. The average molecular weight is 261 g/mol. The second-order valence-corrected chi connectivity index (χ2v) is 4.59. The van der Waals surface area contributed by atoms with E-state index in [9.17, 15) is 0 Å². The van der Waals surface area contributed by atoms with Crippen LogP contribution < -0.4 is 5.32 Å². The molecular formula is C15H23N3O. The van der Waals surface area contributed by atoms with E-state index in [-0.39, 0.29) is 6.17 Å². The fourth-order valence-corrected chi connectivity index (χ4v) is 2.16. The van der Waals surface area contributed by atoms with Gasteiger partial charge in [-0.1, -0.05) is 37.3 Å². The Morgan fingerprint density at radius 1 is 1.26 bits per heavy atom. The number of benzene rings is 1. The van der Waals surface area contributed by atoms with Crippen LogP contribution in [0.1, 0.15) is 38.4 Å². The Morgan fingerprint density at radius 3 is 2.74 bits per heavy atom. The van der Waals surface area contributed by atoms with Crippen LogP contribution in [0.3, 0.4) is 0 Å². The summed E-state index contributed by atoms with van der Waals surface area (Å²) < 4.78 is 0. The zero-order chi connectivity index (χ0) is 13.5. The fraction of sp³-hybridized carbons (Fsp3) is 0.533. The highest BCUT2D eigenvalue weighted by Gasteiger charge is 2.27. The largest absolute Gasteiger partial charge is 0.388 e. The molecule has 1 aromatic rings. The van der Waals surface area contributed by atoms with E-state index in [4.69, 9.17) is 9.83 Å². The Balaban J connectivity index is 1.96. The van der Waals surface area contributed by atoms with Gasteiger partial charge in [0, 0.05) is 13.0 Å². The van der Waals surface area contributed by atoms with E-state index >= 15 is 0 Å². The van der Waals surface area contributed by atoms with Crippen LogP contribution in [0.5, 0.6) is 0 Å². The molecule has 0 saturated heterocycles. The van der Waals surface area contributed by atoms with Gasteiger partial charge in [0.15, 0.2) is 6.17 Å². The zero-order valence-corrected chi connectivity index (χ0v) is 11.8. The summed E-state index contributed by atoms with van der Waals surface area (Å²) in [5.41, 5.74) is 1.19. The van der Waals surface area contributed by atoms with Crippen LogP contribution in [0, 0.1) is 0 Å². The molecule has 0 radical (unpaired) electrons. The van der Waals surface area contributed by atoms with Crippen molar-refractivity contribution in [3.8, 4) is 0 Å². The maximum absolute atomic E-state index is 5.81. The van der Waals surface area contributed by atoms with Crippen molar-refractivity contribution in [2.24, 2.45) is 4.99 Å². The van der Waals surface area contributed by atoms with Gasteiger partial charge in [0.1, 0.15) is 0 Å². The maximum Gasteiger partial charge on any atom is 0.211 e. The topological polar surface area (TPSA) is 36.9 Å². The number of rotatable bonds is 7. The molecule has 19 heavy (non-hydrogen) atoms. The minimum Gasteiger partial charge on any atom is -0.388 e. The third-order valence-corrected chi connectivity index (χ3v) is 3.17. The van der Waals surface area contributed by atoms with Gasteiger partial charge in [-0.3, -0.25) is 0 Å². The van der Waals surface area contributed by atoms with E-state index < -0.39 is 0 Å². The molecule has 2 rings (SSSR count). The highest BCUT2D eigenvalue weighted by Crippen LogP contribution is 2.28. The third-order valence-electron chi connectivity index (χ3n) is 3.17. The summed E-state index contributed by atoms with van der Waals surface area (Å²) in [4.78, 5) is 10.5. The lowest BCUT2D eigenvalue weighted by Gasteiger charge is -2.19. The van der Waals surface area contributed by atoms with Crippen molar-refractivity contribution in [1.29, 1.82) is 0 Å². The zero-order valence-electron chi connectivity index (χ0n) is 11.8. The van der Waals surface area contributed by atoms with Crippen LogP contribution in [-0.2, 0) is 4.84 Å². The number of hydrogen-bond acceptors (Lipinski definition) is 4. The summed E-state index contributed by atoms with van der Waals surface area (Å²) in [6.45, 7) is 7.07. The first-order valence-corrected chi connectivity index (χ1v) is 7.12. The molecule has 1 heterocycles. The van der Waals surface area contributed by atoms with Gasteiger partial charge in [0.25, 0.3) is 0 Å². The van der Waals surface area contributed by atoms with Gasteiger partial charge in [-0.25, -0.2) is 4.99 Å². The molecule has 0 amide bonds. The van der Waals surface area contributed by atoms with Gasteiger partial charge < -0.3 is 10.2 Å². The van der Waals surface area contributed by atoms with Crippen molar-refractivity contribution in [2.45, 2.75) is 32.9 Å². The smallest absolute Gasteiger partial charge is 0.211 e. The number of nitrogens with zero attached hydrogens (tertiary/aromatic N) is 2. The second-order valence-electron chi connectivity index (χ2n) is 4.59. The third kappa shape index (κ3) is 3.78. The lowest BCUT2D eigenvalue weighted by molar-refractivity contribution is -0.0816. The van der Waals surface area contributed by atoms with Crippen molar-refractivity contribution in [1.82, 2.24) is 10.4 Å². The second kappa shape index (κ2) is 7.26. The molecule has 0 fully saturated rings. The molecule has 0 aliphatic carbocycles. The molecule has 1 aliphatic heterocycles. The fourth-order valence-electron chi connectivity index (χ4n) is 2.16. The Hall–Kier alpha value is -1.39. The molecule has 104 valence electrons. The van der Waals surface area contributed by atoms with E-state index in [1.165, 1.54) is 5.56 Å². The molecule has 1 aliphatic rings. The monoisotopic (exact) mass is 261 g/mol. The van der Waals surface area contributed by atoms with Crippen molar-refractivity contribution >= 4 is 5.90 Å². The first-order chi connectivity index (χ1) is 9.35. The lowest BCUT2D eigenvalue weighted by Crippen LogP contribution is -2.23. The predicted octanol–water partition coefficient (Wildman–Crippen LogP) is 2.74.